The fraction of sp³-hybridized carbons (Fsp3) is 0.526. The molecular formula is C19H23ClN4O5S. The molecule has 2 aromatic rings. The number of hydrogen-bond acceptors (Lipinski definition) is 7. The van der Waals surface area contributed by atoms with Gasteiger partial charge in [-0.1, -0.05) is 16.8 Å². The summed E-state index contributed by atoms with van der Waals surface area (Å²) in [6.07, 6.45) is 0.966. The molecule has 2 aliphatic heterocycles. The van der Waals surface area contributed by atoms with Crippen LogP contribution < -0.4 is 0 Å². The van der Waals surface area contributed by atoms with E-state index in [2.05, 4.69) is 10.1 Å². The number of carbonyl (C=O) groups excluding carboxylic acids is 1. The van der Waals surface area contributed by atoms with Crippen LogP contribution in [0.3, 0.4) is 0 Å². The predicted octanol–water partition coefficient (Wildman–Crippen LogP) is 1.96. The number of morpholine rings is 1. The number of sulfonamides is 1. The lowest BCUT2D eigenvalue weighted by Gasteiger charge is -2.35. The van der Waals surface area contributed by atoms with Crippen LogP contribution in [-0.2, 0) is 19.6 Å². The lowest BCUT2D eigenvalue weighted by Crippen LogP contribution is -2.47. The monoisotopic (exact) mass is 454 g/mol. The number of rotatable bonds is 4. The Hall–Kier alpha value is -2.01. The molecule has 0 N–H and O–H groups in total. The number of benzene rings is 1. The third-order valence-electron chi connectivity index (χ3n) is 5.46. The molecule has 0 aliphatic carbocycles. The second-order valence-electron chi connectivity index (χ2n) is 7.40. The van der Waals surface area contributed by atoms with E-state index in [4.69, 9.17) is 20.9 Å². The van der Waals surface area contributed by atoms with E-state index in [0.29, 0.717) is 56.4 Å². The Labute approximate surface area is 180 Å². The number of piperidine rings is 1. The predicted molar refractivity (Wildman–Crippen MR) is 108 cm³/mol. The van der Waals surface area contributed by atoms with Crippen LogP contribution in [0.15, 0.2) is 27.6 Å². The van der Waals surface area contributed by atoms with E-state index in [1.807, 2.05) is 4.90 Å². The lowest BCUT2D eigenvalue weighted by molar-refractivity contribution is -0.140. The summed E-state index contributed by atoms with van der Waals surface area (Å²) in [5.74, 6) is 0.605. The van der Waals surface area contributed by atoms with Gasteiger partial charge in [0.15, 0.2) is 0 Å². The van der Waals surface area contributed by atoms with Crippen LogP contribution in [0.25, 0.3) is 11.4 Å². The Morgan fingerprint density at radius 2 is 1.87 bits per heavy atom. The Morgan fingerprint density at radius 3 is 2.50 bits per heavy atom. The molecule has 9 nitrogen and oxygen atoms in total. The first-order valence-corrected chi connectivity index (χ1v) is 11.6. The highest BCUT2D eigenvalue weighted by molar-refractivity contribution is 7.89. The molecule has 162 valence electrons. The van der Waals surface area contributed by atoms with Crippen LogP contribution in [0.5, 0.6) is 0 Å². The minimum Gasteiger partial charge on any atom is -0.378 e. The number of carbonyl (C=O) groups is 1. The molecule has 3 heterocycles. The van der Waals surface area contributed by atoms with Crippen molar-refractivity contribution in [3.05, 3.63) is 29.1 Å². The Bertz CT molecular complexity index is 1030. The van der Waals surface area contributed by atoms with E-state index in [1.54, 1.807) is 13.0 Å². The van der Waals surface area contributed by atoms with Gasteiger partial charge in [0.1, 0.15) is 4.90 Å². The molecule has 2 aliphatic rings. The van der Waals surface area contributed by atoms with Crippen LogP contribution in [0.4, 0.5) is 0 Å². The van der Waals surface area contributed by atoms with Gasteiger partial charge in [-0.3, -0.25) is 4.79 Å². The Morgan fingerprint density at radius 1 is 1.17 bits per heavy atom. The molecule has 1 aromatic heterocycles. The average Bonchev–Trinajstić information content (AvgIpc) is 3.20. The van der Waals surface area contributed by atoms with Gasteiger partial charge in [-0.2, -0.15) is 9.29 Å². The lowest BCUT2D eigenvalue weighted by atomic mass is 9.96. The summed E-state index contributed by atoms with van der Waals surface area (Å²) in [7, 11) is -3.82. The first-order chi connectivity index (χ1) is 14.4. The molecule has 1 aromatic carbocycles. The highest BCUT2D eigenvalue weighted by Gasteiger charge is 2.35. The smallest absolute Gasteiger partial charge is 0.244 e. The summed E-state index contributed by atoms with van der Waals surface area (Å²) < 4.78 is 38.1. The van der Waals surface area contributed by atoms with E-state index >= 15 is 0 Å². The molecule has 2 saturated heterocycles. The first-order valence-electron chi connectivity index (χ1n) is 9.83. The van der Waals surface area contributed by atoms with Crippen molar-refractivity contribution in [1.82, 2.24) is 19.3 Å². The van der Waals surface area contributed by atoms with Crippen molar-refractivity contribution in [1.29, 1.82) is 0 Å². The Balaban J connectivity index is 1.49. The summed E-state index contributed by atoms with van der Waals surface area (Å²) in [6.45, 7) is 4.48. The Kier molecular flexibility index (Phi) is 6.10. The van der Waals surface area contributed by atoms with Gasteiger partial charge in [0.25, 0.3) is 0 Å². The highest BCUT2D eigenvalue weighted by atomic mass is 35.5. The molecule has 0 saturated carbocycles. The topological polar surface area (TPSA) is 106 Å². The summed E-state index contributed by atoms with van der Waals surface area (Å²) in [4.78, 5) is 18.6. The van der Waals surface area contributed by atoms with Gasteiger partial charge >= 0.3 is 0 Å². The second-order valence-corrected chi connectivity index (χ2v) is 9.71. The van der Waals surface area contributed by atoms with Crippen LogP contribution in [0.1, 0.15) is 18.7 Å². The zero-order valence-electron chi connectivity index (χ0n) is 16.6. The van der Waals surface area contributed by atoms with Crippen molar-refractivity contribution in [2.75, 3.05) is 39.4 Å². The summed E-state index contributed by atoms with van der Waals surface area (Å²) in [5, 5.41) is 3.97. The van der Waals surface area contributed by atoms with E-state index < -0.39 is 10.0 Å². The summed E-state index contributed by atoms with van der Waals surface area (Å²) >= 11 is 6.23. The number of ether oxygens (including phenoxy) is 1. The largest absolute Gasteiger partial charge is 0.378 e. The van der Waals surface area contributed by atoms with E-state index in [-0.39, 0.29) is 34.8 Å². The van der Waals surface area contributed by atoms with Crippen molar-refractivity contribution in [2.24, 2.45) is 5.92 Å². The van der Waals surface area contributed by atoms with E-state index in [1.165, 1.54) is 16.4 Å². The molecule has 0 unspecified atom stereocenters. The fourth-order valence-electron chi connectivity index (χ4n) is 3.78. The average molecular weight is 455 g/mol. The van der Waals surface area contributed by atoms with Crippen molar-refractivity contribution >= 4 is 27.5 Å². The number of aryl methyl sites for hydroxylation is 1. The SMILES string of the molecule is Cc1nc(-c2ccc(Cl)c(S(=O)(=O)N3CCC(C(=O)N4CCOCC4)CC3)c2)no1. The molecular weight excluding hydrogens is 432 g/mol. The van der Waals surface area contributed by atoms with Gasteiger partial charge in [0.05, 0.1) is 18.2 Å². The van der Waals surface area contributed by atoms with Crippen LogP contribution in [-0.4, -0.2) is 73.1 Å². The first kappa shape index (κ1) is 21.2. The van der Waals surface area contributed by atoms with Crippen LogP contribution in [0, 0.1) is 12.8 Å². The number of hydrogen-bond donors (Lipinski definition) is 0. The number of halogens is 1. The van der Waals surface area contributed by atoms with Gasteiger partial charge in [-0.15, -0.1) is 0 Å². The van der Waals surface area contributed by atoms with Crippen molar-refractivity contribution in [3.8, 4) is 11.4 Å². The minimum absolute atomic E-state index is 0.00192. The van der Waals surface area contributed by atoms with Crippen molar-refractivity contribution < 1.29 is 22.5 Å². The number of amides is 1. The van der Waals surface area contributed by atoms with Gasteiger partial charge < -0.3 is 14.2 Å². The van der Waals surface area contributed by atoms with Crippen LogP contribution in [0.2, 0.25) is 5.02 Å². The van der Waals surface area contributed by atoms with Crippen molar-refractivity contribution in [3.63, 3.8) is 0 Å². The van der Waals surface area contributed by atoms with Gasteiger partial charge in [-0.05, 0) is 31.0 Å². The molecule has 0 spiro atoms. The highest BCUT2D eigenvalue weighted by Crippen LogP contribution is 2.32. The molecule has 2 fully saturated rings. The number of nitrogens with zero attached hydrogens (tertiary/aromatic N) is 4. The van der Waals surface area contributed by atoms with Crippen molar-refractivity contribution in [2.45, 2.75) is 24.7 Å². The minimum atomic E-state index is -3.82. The standard InChI is InChI=1S/C19H23ClN4O5S/c1-13-21-18(22-29-13)15-2-3-16(20)17(12-15)30(26,27)24-6-4-14(5-7-24)19(25)23-8-10-28-11-9-23/h2-3,12,14H,4-11H2,1H3. The molecule has 11 heteroatoms. The van der Waals surface area contributed by atoms with Gasteiger partial charge in [0.2, 0.25) is 27.6 Å². The number of aromatic nitrogens is 2. The van der Waals surface area contributed by atoms with Crippen LogP contribution >= 0.6 is 11.6 Å². The summed E-state index contributed by atoms with van der Waals surface area (Å²) in [5.41, 5.74) is 0.507. The van der Waals surface area contributed by atoms with E-state index in [0.717, 1.165) is 0 Å². The maximum absolute atomic E-state index is 13.2. The summed E-state index contributed by atoms with van der Waals surface area (Å²) in [6, 6.07) is 4.63. The zero-order valence-corrected chi connectivity index (χ0v) is 18.2. The van der Waals surface area contributed by atoms with E-state index in [9.17, 15) is 13.2 Å². The third-order valence-corrected chi connectivity index (χ3v) is 7.84. The zero-order chi connectivity index (χ0) is 21.3. The second kappa shape index (κ2) is 8.62. The fourth-order valence-corrected chi connectivity index (χ4v) is 5.75. The quantitative estimate of drug-likeness (QED) is 0.695. The molecule has 0 atom stereocenters. The maximum Gasteiger partial charge on any atom is 0.244 e. The molecule has 4 rings (SSSR count). The van der Waals surface area contributed by atoms with Gasteiger partial charge in [-0.25, -0.2) is 8.42 Å². The van der Waals surface area contributed by atoms with Gasteiger partial charge in [0, 0.05) is 44.6 Å². The third kappa shape index (κ3) is 4.22. The molecule has 30 heavy (non-hydrogen) atoms. The maximum atomic E-state index is 13.2. The molecule has 1 amide bonds. The molecule has 0 radical (unpaired) electrons. The molecule has 0 bridgehead atoms. The normalized spacial score (nSPS) is 19.2.